The van der Waals surface area contributed by atoms with Crippen LogP contribution in [0, 0.1) is 5.92 Å². The molecule has 0 aromatic heterocycles. The maximum atomic E-state index is 8.94. The lowest BCUT2D eigenvalue weighted by atomic mass is 10.1. The van der Waals surface area contributed by atoms with Crippen molar-refractivity contribution in [2.75, 3.05) is 32.8 Å². The van der Waals surface area contributed by atoms with Crippen LogP contribution in [0.3, 0.4) is 0 Å². The lowest BCUT2D eigenvalue weighted by molar-refractivity contribution is -0.0896. The molecule has 0 amide bonds. The third kappa shape index (κ3) is 3.63. The first-order valence-electron chi connectivity index (χ1n) is 5.01. The summed E-state index contributed by atoms with van der Waals surface area (Å²) in [7, 11) is 0. The molecule has 78 valence electrons. The van der Waals surface area contributed by atoms with E-state index in [9.17, 15) is 0 Å². The lowest BCUT2D eigenvalue weighted by Gasteiger charge is -2.39. The van der Waals surface area contributed by atoms with Gasteiger partial charge in [0.05, 0.1) is 12.2 Å². The highest BCUT2D eigenvalue weighted by Crippen LogP contribution is 2.17. The van der Waals surface area contributed by atoms with Gasteiger partial charge in [0.15, 0.2) is 0 Å². The van der Waals surface area contributed by atoms with Crippen LogP contribution in [0.1, 0.15) is 20.8 Å². The predicted octanol–water partition coefficient (Wildman–Crippen LogP) is 0.726. The molecule has 1 atom stereocenters. The second-order valence-electron chi connectivity index (χ2n) is 4.63. The van der Waals surface area contributed by atoms with Gasteiger partial charge in [0.25, 0.3) is 0 Å². The Morgan fingerprint density at radius 1 is 1.54 bits per heavy atom. The molecule has 1 saturated heterocycles. The zero-order valence-electron chi connectivity index (χ0n) is 8.92. The third-order valence-electron chi connectivity index (χ3n) is 2.39. The highest BCUT2D eigenvalue weighted by molar-refractivity contribution is 4.79. The lowest BCUT2D eigenvalue weighted by Crippen LogP contribution is -2.49. The Balaban J connectivity index is 2.34. The number of hydrogen-bond donors (Lipinski definition) is 1. The van der Waals surface area contributed by atoms with Gasteiger partial charge in [-0.2, -0.15) is 0 Å². The molecule has 0 aromatic rings. The van der Waals surface area contributed by atoms with E-state index in [1.165, 1.54) is 0 Å². The zero-order valence-corrected chi connectivity index (χ0v) is 8.92. The smallest absolute Gasteiger partial charge is 0.0753 e. The van der Waals surface area contributed by atoms with Crippen LogP contribution in [0.5, 0.6) is 0 Å². The first-order chi connectivity index (χ1) is 6.03. The summed E-state index contributed by atoms with van der Waals surface area (Å²) in [5.41, 5.74) is -0.0204. The van der Waals surface area contributed by atoms with Gasteiger partial charge in [-0.1, -0.05) is 6.92 Å². The van der Waals surface area contributed by atoms with Crippen LogP contribution >= 0.6 is 0 Å². The molecule has 1 rings (SSSR count). The van der Waals surface area contributed by atoms with Gasteiger partial charge < -0.3 is 9.84 Å². The average Bonchev–Trinajstić information content (AvgIpc) is 2.02. The molecule has 1 N–H and O–H groups in total. The SMILES string of the molecule is CC(CO)CN1CCOC(C)(C)C1. The average molecular weight is 187 g/mol. The van der Waals surface area contributed by atoms with E-state index in [-0.39, 0.29) is 12.2 Å². The highest BCUT2D eigenvalue weighted by Gasteiger charge is 2.27. The monoisotopic (exact) mass is 187 g/mol. The Morgan fingerprint density at radius 2 is 2.23 bits per heavy atom. The maximum absolute atomic E-state index is 8.94. The molecular formula is C10H21NO2. The first-order valence-corrected chi connectivity index (χ1v) is 5.01. The Kier molecular flexibility index (Phi) is 3.71. The minimum Gasteiger partial charge on any atom is -0.396 e. The zero-order chi connectivity index (χ0) is 9.90. The summed E-state index contributed by atoms with van der Waals surface area (Å²) in [4.78, 5) is 2.37. The van der Waals surface area contributed by atoms with E-state index in [0.29, 0.717) is 5.92 Å². The van der Waals surface area contributed by atoms with E-state index in [4.69, 9.17) is 9.84 Å². The number of aliphatic hydroxyl groups excluding tert-OH is 1. The van der Waals surface area contributed by atoms with Crippen molar-refractivity contribution in [3.05, 3.63) is 0 Å². The summed E-state index contributed by atoms with van der Waals surface area (Å²) in [6.07, 6.45) is 0. The maximum Gasteiger partial charge on any atom is 0.0753 e. The molecule has 0 radical (unpaired) electrons. The van der Waals surface area contributed by atoms with Gasteiger partial charge in [0, 0.05) is 26.2 Å². The van der Waals surface area contributed by atoms with Crippen LogP contribution in [0.2, 0.25) is 0 Å². The summed E-state index contributed by atoms with van der Waals surface area (Å²) < 4.78 is 5.61. The van der Waals surface area contributed by atoms with Crippen molar-refractivity contribution in [3.63, 3.8) is 0 Å². The standard InChI is InChI=1S/C10H21NO2/c1-9(7-12)6-11-4-5-13-10(2,3)8-11/h9,12H,4-8H2,1-3H3. The molecule has 1 heterocycles. The summed E-state index contributed by atoms with van der Waals surface area (Å²) in [5, 5.41) is 8.94. The normalized spacial score (nSPS) is 25.8. The third-order valence-corrected chi connectivity index (χ3v) is 2.39. The van der Waals surface area contributed by atoms with Gasteiger partial charge >= 0.3 is 0 Å². The van der Waals surface area contributed by atoms with Gasteiger partial charge in [-0.25, -0.2) is 0 Å². The van der Waals surface area contributed by atoms with E-state index in [0.717, 1.165) is 26.2 Å². The van der Waals surface area contributed by atoms with Crippen LogP contribution in [-0.2, 0) is 4.74 Å². The Bertz CT molecular complexity index is 159. The van der Waals surface area contributed by atoms with Crippen molar-refractivity contribution in [2.24, 2.45) is 5.92 Å². The second-order valence-corrected chi connectivity index (χ2v) is 4.63. The fourth-order valence-corrected chi connectivity index (χ4v) is 1.77. The van der Waals surface area contributed by atoms with E-state index >= 15 is 0 Å². The van der Waals surface area contributed by atoms with E-state index in [1.54, 1.807) is 0 Å². The molecule has 1 aliphatic heterocycles. The van der Waals surface area contributed by atoms with Crippen molar-refractivity contribution in [3.8, 4) is 0 Å². The molecule has 1 fully saturated rings. The van der Waals surface area contributed by atoms with Crippen LogP contribution in [0.25, 0.3) is 0 Å². The van der Waals surface area contributed by atoms with E-state index < -0.39 is 0 Å². The fourth-order valence-electron chi connectivity index (χ4n) is 1.77. The molecule has 0 aliphatic carbocycles. The molecule has 0 aromatic carbocycles. The summed E-state index contributed by atoms with van der Waals surface area (Å²) in [5.74, 6) is 0.369. The van der Waals surface area contributed by atoms with E-state index in [2.05, 4.69) is 25.7 Å². The largest absolute Gasteiger partial charge is 0.396 e. The summed E-state index contributed by atoms with van der Waals surface area (Å²) in [6.45, 7) is 10.3. The molecule has 0 saturated carbocycles. The second kappa shape index (κ2) is 4.40. The number of nitrogens with zero attached hydrogens (tertiary/aromatic N) is 1. The number of ether oxygens (including phenoxy) is 1. The highest BCUT2D eigenvalue weighted by atomic mass is 16.5. The first kappa shape index (κ1) is 11.0. The molecule has 3 heteroatoms. The number of morpholine rings is 1. The minimum atomic E-state index is -0.0204. The van der Waals surface area contributed by atoms with Gasteiger partial charge in [-0.3, -0.25) is 4.90 Å². The minimum absolute atomic E-state index is 0.0204. The predicted molar refractivity (Wildman–Crippen MR) is 52.7 cm³/mol. The molecular weight excluding hydrogens is 166 g/mol. The van der Waals surface area contributed by atoms with Gasteiger partial charge in [-0.15, -0.1) is 0 Å². The quantitative estimate of drug-likeness (QED) is 0.707. The number of aliphatic hydroxyl groups is 1. The van der Waals surface area contributed by atoms with Crippen molar-refractivity contribution < 1.29 is 9.84 Å². The Hall–Kier alpha value is -0.120. The van der Waals surface area contributed by atoms with Crippen LogP contribution in [0.15, 0.2) is 0 Å². The van der Waals surface area contributed by atoms with Gasteiger partial charge in [0.2, 0.25) is 0 Å². The molecule has 3 nitrogen and oxygen atoms in total. The van der Waals surface area contributed by atoms with Crippen molar-refractivity contribution in [2.45, 2.75) is 26.4 Å². The van der Waals surface area contributed by atoms with Gasteiger partial charge in [-0.05, 0) is 19.8 Å². The van der Waals surface area contributed by atoms with E-state index in [1.807, 2.05) is 0 Å². The van der Waals surface area contributed by atoms with Crippen molar-refractivity contribution in [1.82, 2.24) is 4.90 Å². The molecule has 0 spiro atoms. The van der Waals surface area contributed by atoms with Crippen molar-refractivity contribution in [1.29, 1.82) is 0 Å². The van der Waals surface area contributed by atoms with Gasteiger partial charge in [0.1, 0.15) is 0 Å². The molecule has 1 aliphatic rings. The number of hydrogen-bond acceptors (Lipinski definition) is 3. The molecule has 1 unspecified atom stereocenters. The fraction of sp³-hybridized carbons (Fsp3) is 1.00. The topological polar surface area (TPSA) is 32.7 Å². The van der Waals surface area contributed by atoms with Crippen LogP contribution in [-0.4, -0.2) is 48.5 Å². The van der Waals surface area contributed by atoms with Crippen LogP contribution < -0.4 is 0 Å². The summed E-state index contributed by atoms with van der Waals surface area (Å²) in [6, 6.07) is 0. The molecule has 13 heavy (non-hydrogen) atoms. The molecule has 0 bridgehead atoms. The van der Waals surface area contributed by atoms with Crippen LogP contribution in [0.4, 0.5) is 0 Å². The number of rotatable bonds is 3. The Morgan fingerprint density at radius 3 is 2.77 bits per heavy atom. The Labute approximate surface area is 80.7 Å². The summed E-state index contributed by atoms with van der Waals surface area (Å²) >= 11 is 0. The van der Waals surface area contributed by atoms with Crippen molar-refractivity contribution >= 4 is 0 Å².